The van der Waals surface area contributed by atoms with Crippen LogP contribution in [0, 0.1) is 31.6 Å². The molecular formula is C28H48O2. The Morgan fingerprint density at radius 2 is 1.23 bits per heavy atom. The molecule has 0 atom stereocenters. The minimum Gasteiger partial charge on any atom is -0.481 e. The van der Waals surface area contributed by atoms with Gasteiger partial charge in [0.2, 0.25) is 0 Å². The van der Waals surface area contributed by atoms with Crippen LogP contribution in [-0.2, 0) is 17.6 Å². The predicted octanol–water partition coefficient (Wildman–Crippen LogP) is 8.36. The van der Waals surface area contributed by atoms with Gasteiger partial charge in [-0.25, -0.2) is 0 Å². The number of carboxylic acid groups (broad SMARTS) is 1. The fourth-order valence-corrected chi connectivity index (χ4v) is 4.37. The van der Waals surface area contributed by atoms with Gasteiger partial charge in [-0.1, -0.05) is 58.9 Å². The van der Waals surface area contributed by atoms with Crippen molar-refractivity contribution in [3.63, 3.8) is 0 Å². The van der Waals surface area contributed by atoms with E-state index < -0.39 is 11.4 Å². The number of aryl methyl sites for hydroxylation is 2. The second-order valence-corrected chi connectivity index (χ2v) is 11.3. The van der Waals surface area contributed by atoms with Crippen LogP contribution in [0.5, 0.6) is 0 Å². The molecule has 0 aliphatic rings. The van der Waals surface area contributed by atoms with E-state index in [1.165, 1.54) is 55.2 Å². The maximum Gasteiger partial charge on any atom is 0.309 e. The molecular weight excluding hydrogens is 368 g/mol. The number of benzene rings is 1. The average molecular weight is 417 g/mol. The van der Waals surface area contributed by atoms with Gasteiger partial charge in [0.05, 0.1) is 5.41 Å². The number of carbonyl (C=O) groups is 1. The van der Waals surface area contributed by atoms with Gasteiger partial charge in [-0.3, -0.25) is 4.79 Å². The number of unbranched alkanes of at least 4 members (excludes halogenated alkanes) is 5. The van der Waals surface area contributed by atoms with Crippen LogP contribution >= 0.6 is 0 Å². The molecule has 0 radical (unpaired) electrons. The quantitative estimate of drug-likeness (QED) is 0.328. The summed E-state index contributed by atoms with van der Waals surface area (Å²) < 4.78 is 0. The molecule has 1 aromatic carbocycles. The molecule has 0 amide bonds. The molecule has 0 unspecified atom stereocenters. The van der Waals surface area contributed by atoms with Crippen molar-refractivity contribution in [1.82, 2.24) is 0 Å². The second-order valence-electron chi connectivity index (χ2n) is 11.3. The lowest BCUT2D eigenvalue weighted by Gasteiger charge is -2.20. The van der Waals surface area contributed by atoms with Gasteiger partial charge in [0.1, 0.15) is 0 Å². The molecule has 0 heterocycles. The monoisotopic (exact) mass is 416 g/mol. The van der Waals surface area contributed by atoms with Crippen LogP contribution < -0.4 is 0 Å². The Kier molecular flexibility index (Phi) is 10.6. The molecule has 0 aliphatic carbocycles. The summed E-state index contributed by atoms with van der Waals surface area (Å²) in [6.07, 6.45) is 12.9. The van der Waals surface area contributed by atoms with E-state index in [1.54, 1.807) is 11.1 Å². The van der Waals surface area contributed by atoms with Crippen LogP contribution in [0.2, 0.25) is 0 Å². The van der Waals surface area contributed by atoms with Crippen LogP contribution in [0.15, 0.2) is 6.07 Å². The van der Waals surface area contributed by atoms with E-state index >= 15 is 0 Å². The number of carboxylic acids is 1. The van der Waals surface area contributed by atoms with Gasteiger partial charge in [-0.05, 0) is 106 Å². The Hall–Kier alpha value is -1.31. The summed E-state index contributed by atoms with van der Waals surface area (Å²) in [7, 11) is 0. The van der Waals surface area contributed by atoms with Crippen molar-refractivity contribution in [1.29, 1.82) is 0 Å². The van der Waals surface area contributed by atoms with Crippen molar-refractivity contribution in [3.8, 4) is 0 Å². The van der Waals surface area contributed by atoms with Crippen molar-refractivity contribution in [2.45, 2.75) is 126 Å². The molecule has 0 fully saturated rings. The first-order chi connectivity index (χ1) is 13.8. The molecule has 0 bridgehead atoms. The maximum absolute atomic E-state index is 11.3. The summed E-state index contributed by atoms with van der Waals surface area (Å²) in [5, 5.41) is 9.28. The van der Waals surface area contributed by atoms with E-state index in [0.717, 1.165) is 32.1 Å². The fourth-order valence-electron chi connectivity index (χ4n) is 4.37. The minimum absolute atomic E-state index is 0.455. The van der Waals surface area contributed by atoms with Gasteiger partial charge in [-0.2, -0.15) is 0 Å². The van der Waals surface area contributed by atoms with Crippen LogP contribution in [0.3, 0.4) is 0 Å². The third kappa shape index (κ3) is 9.23. The summed E-state index contributed by atoms with van der Waals surface area (Å²) in [5.41, 5.74) is 7.34. The molecule has 1 rings (SSSR count). The van der Waals surface area contributed by atoms with E-state index in [0.29, 0.717) is 5.41 Å². The first-order valence-corrected chi connectivity index (χ1v) is 12.2. The van der Waals surface area contributed by atoms with E-state index in [-0.39, 0.29) is 0 Å². The highest BCUT2D eigenvalue weighted by atomic mass is 16.4. The van der Waals surface area contributed by atoms with Crippen molar-refractivity contribution >= 4 is 5.97 Å². The summed E-state index contributed by atoms with van der Waals surface area (Å²) >= 11 is 0. The molecule has 0 aromatic heterocycles. The van der Waals surface area contributed by atoms with E-state index in [1.807, 2.05) is 13.8 Å². The van der Waals surface area contributed by atoms with Crippen molar-refractivity contribution in [2.75, 3.05) is 0 Å². The van der Waals surface area contributed by atoms with Crippen LogP contribution in [0.25, 0.3) is 0 Å². The number of aliphatic carboxylic acids is 1. The van der Waals surface area contributed by atoms with E-state index in [4.69, 9.17) is 0 Å². The predicted molar refractivity (Wildman–Crippen MR) is 130 cm³/mol. The summed E-state index contributed by atoms with van der Waals surface area (Å²) in [6.45, 7) is 17.5. The molecule has 1 N–H and O–H groups in total. The number of hydrogen-bond donors (Lipinski definition) is 1. The third-order valence-electron chi connectivity index (χ3n) is 6.73. The van der Waals surface area contributed by atoms with E-state index in [9.17, 15) is 9.90 Å². The second kappa shape index (κ2) is 11.9. The highest BCUT2D eigenvalue weighted by molar-refractivity contribution is 5.73. The molecule has 0 aliphatic heterocycles. The summed E-state index contributed by atoms with van der Waals surface area (Å²) in [5.74, 6) is -0.683. The van der Waals surface area contributed by atoms with Gasteiger partial charge >= 0.3 is 5.97 Å². The first-order valence-electron chi connectivity index (χ1n) is 12.2. The molecule has 2 nitrogen and oxygen atoms in total. The third-order valence-corrected chi connectivity index (χ3v) is 6.73. The zero-order valence-electron chi connectivity index (χ0n) is 21.2. The standard InChI is InChI=1S/C28H48O2/c1-21-20-22(2)24(16-13-11-15-19-28(7,8)26(29)30)25(23(21)3)17-12-9-10-14-18-27(4,5)6/h20H,9-19H2,1-8H3,(H,29,30). The average Bonchev–Trinajstić information content (AvgIpc) is 2.62. The largest absolute Gasteiger partial charge is 0.481 e. The SMILES string of the molecule is Cc1cc(C)c(CCCCCC(C)(C)C(=O)O)c(CCCCCCC(C)(C)C)c1C. The highest BCUT2D eigenvalue weighted by Gasteiger charge is 2.26. The molecule has 2 heteroatoms. The van der Waals surface area contributed by atoms with Gasteiger partial charge in [-0.15, -0.1) is 0 Å². The van der Waals surface area contributed by atoms with Crippen LogP contribution in [0.4, 0.5) is 0 Å². The van der Waals surface area contributed by atoms with Crippen LogP contribution in [0.1, 0.15) is 120 Å². The lowest BCUT2D eigenvalue weighted by Crippen LogP contribution is -2.23. The minimum atomic E-state index is -0.683. The lowest BCUT2D eigenvalue weighted by atomic mass is 9.85. The smallest absolute Gasteiger partial charge is 0.309 e. The Balaban J connectivity index is 2.60. The Morgan fingerprint density at radius 1 is 0.733 bits per heavy atom. The topological polar surface area (TPSA) is 37.3 Å². The lowest BCUT2D eigenvalue weighted by molar-refractivity contribution is -0.147. The number of rotatable bonds is 13. The normalized spacial score (nSPS) is 12.4. The van der Waals surface area contributed by atoms with Crippen molar-refractivity contribution < 1.29 is 9.90 Å². The molecule has 0 saturated heterocycles. The zero-order chi connectivity index (χ0) is 22.9. The molecule has 0 spiro atoms. The highest BCUT2D eigenvalue weighted by Crippen LogP contribution is 2.28. The van der Waals surface area contributed by atoms with Gasteiger partial charge in [0.15, 0.2) is 0 Å². The molecule has 30 heavy (non-hydrogen) atoms. The Bertz CT molecular complexity index is 677. The summed E-state index contributed by atoms with van der Waals surface area (Å²) in [4.78, 5) is 11.3. The molecule has 1 aromatic rings. The van der Waals surface area contributed by atoms with Crippen LogP contribution in [-0.4, -0.2) is 11.1 Å². The fraction of sp³-hybridized carbons (Fsp3) is 0.750. The molecule has 0 saturated carbocycles. The van der Waals surface area contributed by atoms with E-state index in [2.05, 4.69) is 47.6 Å². The van der Waals surface area contributed by atoms with Gasteiger partial charge in [0, 0.05) is 0 Å². The van der Waals surface area contributed by atoms with Gasteiger partial charge in [0.25, 0.3) is 0 Å². The Morgan fingerprint density at radius 3 is 1.80 bits per heavy atom. The maximum atomic E-state index is 11.3. The zero-order valence-corrected chi connectivity index (χ0v) is 21.2. The first kappa shape index (κ1) is 26.7. The van der Waals surface area contributed by atoms with Gasteiger partial charge < -0.3 is 5.11 Å². The summed E-state index contributed by atoms with van der Waals surface area (Å²) in [6, 6.07) is 2.35. The Labute approximate surface area is 186 Å². The molecule has 172 valence electrons. The number of hydrogen-bond acceptors (Lipinski definition) is 1. The van der Waals surface area contributed by atoms with Crippen molar-refractivity contribution in [3.05, 3.63) is 33.9 Å². The van der Waals surface area contributed by atoms with Crippen molar-refractivity contribution in [2.24, 2.45) is 10.8 Å².